The van der Waals surface area contributed by atoms with Crippen molar-refractivity contribution in [3.8, 4) is 11.4 Å². The van der Waals surface area contributed by atoms with Crippen molar-refractivity contribution in [2.45, 2.75) is 51.9 Å². The predicted octanol–water partition coefficient (Wildman–Crippen LogP) is 2.45. The molecular weight excluding hydrogens is 303 g/mol. The SMILES string of the molecule is CC1(C)OB(c2ccc(-c3nc4c([nH]3)COCC4)cc2)OC1(C)C. The van der Waals surface area contributed by atoms with E-state index in [0.29, 0.717) is 6.61 Å². The molecule has 0 aliphatic carbocycles. The Bertz CT molecular complexity index is 713. The minimum Gasteiger partial charge on any atom is -0.399 e. The molecule has 0 saturated carbocycles. The first-order chi connectivity index (χ1) is 11.4. The maximum absolute atomic E-state index is 6.10. The van der Waals surface area contributed by atoms with Gasteiger partial charge in [0, 0.05) is 12.0 Å². The van der Waals surface area contributed by atoms with Crippen LogP contribution in [0.1, 0.15) is 39.1 Å². The van der Waals surface area contributed by atoms with Gasteiger partial charge in [-0.2, -0.15) is 0 Å². The Morgan fingerprint density at radius 2 is 1.71 bits per heavy atom. The third kappa shape index (κ3) is 2.59. The van der Waals surface area contributed by atoms with E-state index in [1.165, 1.54) is 0 Å². The zero-order valence-corrected chi connectivity index (χ0v) is 14.7. The molecule has 1 aromatic carbocycles. The van der Waals surface area contributed by atoms with Crippen LogP contribution in [0.15, 0.2) is 24.3 Å². The van der Waals surface area contributed by atoms with Crippen molar-refractivity contribution in [1.29, 1.82) is 0 Å². The third-order valence-corrected chi connectivity index (χ3v) is 5.30. The second-order valence-corrected chi connectivity index (χ2v) is 7.52. The second kappa shape index (κ2) is 5.44. The number of nitrogens with zero attached hydrogens (tertiary/aromatic N) is 1. The first-order valence-corrected chi connectivity index (χ1v) is 8.47. The lowest BCUT2D eigenvalue weighted by atomic mass is 9.79. The molecule has 0 spiro atoms. The number of H-pyrrole nitrogens is 1. The summed E-state index contributed by atoms with van der Waals surface area (Å²) in [5, 5.41) is 0. The van der Waals surface area contributed by atoms with Crippen LogP contribution in [-0.4, -0.2) is 34.9 Å². The number of aromatic nitrogens is 2. The number of imidazole rings is 1. The molecular formula is C18H23BN2O3. The molecule has 0 atom stereocenters. The number of rotatable bonds is 2. The Hall–Kier alpha value is -1.63. The molecule has 126 valence electrons. The average molecular weight is 326 g/mol. The van der Waals surface area contributed by atoms with Gasteiger partial charge in [-0.25, -0.2) is 4.98 Å². The highest BCUT2D eigenvalue weighted by Crippen LogP contribution is 2.36. The fraction of sp³-hybridized carbons (Fsp3) is 0.500. The highest BCUT2D eigenvalue weighted by molar-refractivity contribution is 6.62. The van der Waals surface area contributed by atoms with E-state index in [9.17, 15) is 0 Å². The predicted molar refractivity (Wildman–Crippen MR) is 93.1 cm³/mol. The van der Waals surface area contributed by atoms with E-state index in [4.69, 9.17) is 19.0 Å². The summed E-state index contributed by atoms with van der Waals surface area (Å²) in [6.07, 6.45) is 0.873. The standard InChI is InChI=1S/C18H23BN2O3/c1-17(2)18(3,4)24-19(23-17)13-7-5-12(6-8-13)16-20-14-9-10-22-11-15(14)21-16/h5-8H,9-11H2,1-4H3,(H,20,21). The third-order valence-electron chi connectivity index (χ3n) is 5.30. The van der Waals surface area contributed by atoms with Crippen molar-refractivity contribution >= 4 is 12.6 Å². The van der Waals surface area contributed by atoms with Crippen LogP contribution < -0.4 is 5.46 Å². The number of fused-ring (bicyclic) bond motifs is 1. The van der Waals surface area contributed by atoms with E-state index in [1.807, 2.05) is 0 Å². The Labute approximate surface area is 142 Å². The fourth-order valence-corrected chi connectivity index (χ4v) is 3.03. The summed E-state index contributed by atoms with van der Waals surface area (Å²) in [6, 6.07) is 8.22. The van der Waals surface area contributed by atoms with Gasteiger partial charge in [-0.3, -0.25) is 0 Å². The monoisotopic (exact) mass is 326 g/mol. The molecule has 6 heteroatoms. The lowest BCUT2D eigenvalue weighted by molar-refractivity contribution is 0.00578. The van der Waals surface area contributed by atoms with E-state index < -0.39 is 0 Å². The smallest absolute Gasteiger partial charge is 0.399 e. The number of ether oxygens (including phenoxy) is 1. The quantitative estimate of drug-likeness (QED) is 0.862. The zero-order chi connectivity index (χ0) is 16.9. The molecule has 2 aliphatic heterocycles. The van der Waals surface area contributed by atoms with Crippen molar-refractivity contribution in [2.75, 3.05) is 6.61 Å². The molecule has 5 nitrogen and oxygen atoms in total. The van der Waals surface area contributed by atoms with E-state index >= 15 is 0 Å². The van der Waals surface area contributed by atoms with Crippen molar-refractivity contribution in [3.63, 3.8) is 0 Å². The summed E-state index contributed by atoms with van der Waals surface area (Å²) >= 11 is 0. The van der Waals surface area contributed by atoms with Crippen LogP contribution in [0.4, 0.5) is 0 Å². The Morgan fingerprint density at radius 3 is 2.33 bits per heavy atom. The van der Waals surface area contributed by atoms with Crippen molar-refractivity contribution < 1.29 is 14.0 Å². The Balaban J connectivity index is 1.56. The van der Waals surface area contributed by atoms with Crippen molar-refractivity contribution in [3.05, 3.63) is 35.7 Å². The average Bonchev–Trinajstić information content (AvgIpc) is 3.06. The van der Waals surface area contributed by atoms with Crippen molar-refractivity contribution in [2.24, 2.45) is 0 Å². The molecule has 2 aliphatic rings. The Morgan fingerprint density at radius 1 is 1.04 bits per heavy atom. The van der Waals surface area contributed by atoms with Crippen LogP contribution >= 0.6 is 0 Å². The summed E-state index contributed by atoms with van der Waals surface area (Å²) in [4.78, 5) is 8.06. The molecule has 0 bridgehead atoms. The minimum atomic E-state index is -0.331. The number of benzene rings is 1. The number of nitrogens with one attached hydrogen (secondary N) is 1. The molecule has 2 aromatic rings. The fourth-order valence-electron chi connectivity index (χ4n) is 3.03. The lowest BCUT2D eigenvalue weighted by Crippen LogP contribution is -2.41. The molecule has 1 saturated heterocycles. The maximum Gasteiger partial charge on any atom is 0.494 e. The van der Waals surface area contributed by atoms with Gasteiger partial charge < -0.3 is 19.0 Å². The molecule has 3 heterocycles. The molecule has 0 radical (unpaired) electrons. The molecule has 1 aromatic heterocycles. The highest BCUT2D eigenvalue weighted by Gasteiger charge is 2.51. The van der Waals surface area contributed by atoms with E-state index in [1.54, 1.807) is 0 Å². The lowest BCUT2D eigenvalue weighted by Gasteiger charge is -2.32. The number of hydrogen-bond acceptors (Lipinski definition) is 4. The van der Waals surface area contributed by atoms with Gasteiger partial charge in [0.1, 0.15) is 5.82 Å². The second-order valence-electron chi connectivity index (χ2n) is 7.52. The van der Waals surface area contributed by atoms with Crippen LogP contribution in [-0.2, 0) is 27.1 Å². The van der Waals surface area contributed by atoms with Gasteiger partial charge in [-0.15, -0.1) is 0 Å². The molecule has 1 N–H and O–H groups in total. The minimum absolute atomic E-state index is 0.323. The number of aromatic amines is 1. The van der Waals surface area contributed by atoms with Gasteiger partial charge in [0.15, 0.2) is 0 Å². The van der Waals surface area contributed by atoms with Crippen LogP contribution in [0.3, 0.4) is 0 Å². The van der Waals surface area contributed by atoms with Crippen molar-refractivity contribution in [1.82, 2.24) is 9.97 Å². The summed E-state index contributed by atoms with van der Waals surface area (Å²) in [6.45, 7) is 9.63. The van der Waals surface area contributed by atoms with Gasteiger partial charge in [0.05, 0.1) is 35.8 Å². The van der Waals surface area contributed by atoms with Gasteiger partial charge in [-0.05, 0) is 33.2 Å². The van der Waals surface area contributed by atoms with E-state index in [0.717, 1.165) is 41.3 Å². The summed E-state index contributed by atoms with van der Waals surface area (Å²) in [5.74, 6) is 0.894. The molecule has 1 fully saturated rings. The molecule has 24 heavy (non-hydrogen) atoms. The molecule has 0 amide bonds. The maximum atomic E-state index is 6.10. The summed E-state index contributed by atoms with van der Waals surface area (Å²) in [5.41, 5.74) is 3.64. The highest BCUT2D eigenvalue weighted by atomic mass is 16.7. The van der Waals surface area contributed by atoms with Crippen LogP contribution in [0.25, 0.3) is 11.4 Å². The normalized spacial score (nSPS) is 21.8. The van der Waals surface area contributed by atoms with Gasteiger partial charge in [0.25, 0.3) is 0 Å². The molecule has 4 rings (SSSR count). The first kappa shape index (κ1) is 15.9. The van der Waals surface area contributed by atoms with E-state index in [-0.39, 0.29) is 18.3 Å². The van der Waals surface area contributed by atoms with Gasteiger partial charge in [0.2, 0.25) is 0 Å². The van der Waals surface area contributed by atoms with Crippen LogP contribution in [0.5, 0.6) is 0 Å². The Kier molecular flexibility index (Phi) is 3.60. The van der Waals surface area contributed by atoms with Gasteiger partial charge in [-0.1, -0.05) is 24.3 Å². The summed E-state index contributed by atoms with van der Waals surface area (Å²) < 4.78 is 17.7. The zero-order valence-electron chi connectivity index (χ0n) is 14.7. The van der Waals surface area contributed by atoms with Gasteiger partial charge >= 0.3 is 7.12 Å². The number of hydrogen-bond donors (Lipinski definition) is 1. The van der Waals surface area contributed by atoms with E-state index in [2.05, 4.69) is 56.9 Å². The first-order valence-electron chi connectivity index (χ1n) is 8.47. The summed E-state index contributed by atoms with van der Waals surface area (Å²) in [7, 11) is -0.331. The topological polar surface area (TPSA) is 56.4 Å². The van der Waals surface area contributed by atoms with Crippen LogP contribution in [0.2, 0.25) is 0 Å². The van der Waals surface area contributed by atoms with Crippen LogP contribution in [0, 0.1) is 0 Å². The largest absolute Gasteiger partial charge is 0.494 e. The molecule has 0 unspecified atom stereocenters.